The monoisotopic (exact) mass is 332 g/mol. The van der Waals surface area contributed by atoms with E-state index in [1.165, 1.54) is 13.0 Å². The van der Waals surface area contributed by atoms with E-state index >= 15 is 0 Å². The van der Waals surface area contributed by atoms with Gasteiger partial charge in [-0.25, -0.2) is 8.78 Å². The van der Waals surface area contributed by atoms with E-state index in [2.05, 4.69) is 10.5 Å². The molecule has 0 radical (unpaired) electrons. The van der Waals surface area contributed by atoms with E-state index in [0.29, 0.717) is 0 Å². The van der Waals surface area contributed by atoms with Crippen LogP contribution in [0.1, 0.15) is 18.8 Å². The molecular formula is C14H15F3N2O4. The first kappa shape index (κ1) is 16.0. The highest BCUT2D eigenvalue weighted by Crippen LogP contribution is 2.34. The molecule has 1 aliphatic rings. The largest absolute Gasteiger partial charge is 0.391 e. The molecule has 1 aliphatic heterocycles. The number of hydrogen-bond acceptors (Lipinski definition) is 6. The Bertz CT molecular complexity index is 701. The molecule has 3 rings (SSSR count). The van der Waals surface area contributed by atoms with Crippen LogP contribution in [0.15, 0.2) is 10.6 Å². The molecule has 0 bridgehead atoms. The molecule has 1 aromatic carbocycles. The van der Waals surface area contributed by atoms with Crippen molar-refractivity contribution in [1.82, 2.24) is 5.16 Å². The minimum atomic E-state index is -1.23. The average molecular weight is 332 g/mol. The third-order valence-electron chi connectivity index (χ3n) is 3.62. The van der Waals surface area contributed by atoms with Gasteiger partial charge in [-0.3, -0.25) is 0 Å². The molecule has 6 nitrogen and oxygen atoms in total. The van der Waals surface area contributed by atoms with Gasteiger partial charge in [0.15, 0.2) is 17.9 Å². The first-order chi connectivity index (χ1) is 11.0. The minimum Gasteiger partial charge on any atom is -0.391 e. The van der Waals surface area contributed by atoms with Gasteiger partial charge in [0.2, 0.25) is 11.4 Å². The zero-order chi connectivity index (χ0) is 16.6. The Morgan fingerprint density at radius 1 is 1.35 bits per heavy atom. The maximum absolute atomic E-state index is 14.1. The Labute approximate surface area is 129 Å². The number of hydrogen-bond donors (Lipinski definition) is 2. The van der Waals surface area contributed by atoms with Crippen molar-refractivity contribution in [3.8, 4) is 0 Å². The van der Waals surface area contributed by atoms with E-state index in [-0.39, 0.29) is 30.0 Å². The van der Waals surface area contributed by atoms with Gasteiger partial charge in [0.1, 0.15) is 6.67 Å². The van der Waals surface area contributed by atoms with Crippen molar-refractivity contribution in [1.29, 1.82) is 0 Å². The lowest BCUT2D eigenvalue weighted by Crippen LogP contribution is -2.33. The SMILES string of the molecule is C[C@@H](O)[C@H](CF)Nc1noc2c(F)c(F)c(C3OCCO3)cc12. The molecule has 0 aliphatic carbocycles. The fourth-order valence-electron chi connectivity index (χ4n) is 2.31. The summed E-state index contributed by atoms with van der Waals surface area (Å²) in [5.41, 5.74) is -0.539. The number of halogens is 3. The van der Waals surface area contributed by atoms with Crippen molar-refractivity contribution in [3.05, 3.63) is 23.3 Å². The lowest BCUT2D eigenvalue weighted by atomic mass is 10.1. The molecule has 1 saturated heterocycles. The van der Waals surface area contributed by atoms with Crippen LogP contribution in [-0.4, -0.2) is 42.3 Å². The Morgan fingerprint density at radius 3 is 2.65 bits per heavy atom. The summed E-state index contributed by atoms with van der Waals surface area (Å²) in [6, 6.07) is 0.318. The van der Waals surface area contributed by atoms with Crippen LogP contribution in [0.3, 0.4) is 0 Å². The van der Waals surface area contributed by atoms with Gasteiger partial charge in [0, 0.05) is 5.56 Å². The second-order valence-corrected chi connectivity index (χ2v) is 5.22. The zero-order valence-corrected chi connectivity index (χ0v) is 12.2. The minimum absolute atomic E-state index is 0.00157. The quantitative estimate of drug-likeness (QED) is 0.875. The Kier molecular flexibility index (Phi) is 4.42. The molecule has 0 amide bonds. The highest BCUT2D eigenvalue weighted by Gasteiger charge is 2.29. The van der Waals surface area contributed by atoms with Crippen LogP contribution in [0.2, 0.25) is 0 Å². The van der Waals surface area contributed by atoms with E-state index in [4.69, 9.17) is 14.0 Å². The van der Waals surface area contributed by atoms with Gasteiger partial charge in [-0.2, -0.15) is 4.39 Å². The van der Waals surface area contributed by atoms with Crippen LogP contribution in [0.4, 0.5) is 19.0 Å². The molecule has 2 atom stereocenters. The summed E-state index contributed by atoms with van der Waals surface area (Å²) >= 11 is 0. The second-order valence-electron chi connectivity index (χ2n) is 5.22. The highest BCUT2D eigenvalue weighted by molar-refractivity contribution is 5.89. The number of anilines is 1. The second kappa shape index (κ2) is 6.34. The molecule has 1 aromatic heterocycles. The van der Waals surface area contributed by atoms with Crippen LogP contribution < -0.4 is 5.32 Å². The number of ether oxygens (including phenoxy) is 2. The van der Waals surface area contributed by atoms with Crippen molar-refractivity contribution in [2.24, 2.45) is 0 Å². The summed E-state index contributed by atoms with van der Waals surface area (Å²) in [5, 5.41) is 15.8. The van der Waals surface area contributed by atoms with Gasteiger partial charge < -0.3 is 24.4 Å². The number of aromatic nitrogens is 1. The molecule has 0 unspecified atom stereocenters. The average Bonchev–Trinajstić information content (AvgIpc) is 3.17. The predicted octanol–water partition coefficient (Wildman–Crippen LogP) is 2.28. The number of nitrogens with one attached hydrogen (secondary N) is 1. The summed E-state index contributed by atoms with van der Waals surface area (Å²) < 4.78 is 56.3. The van der Waals surface area contributed by atoms with Gasteiger partial charge >= 0.3 is 0 Å². The summed E-state index contributed by atoms with van der Waals surface area (Å²) in [7, 11) is 0. The maximum Gasteiger partial charge on any atom is 0.207 e. The summed E-state index contributed by atoms with van der Waals surface area (Å²) in [4.78, 5) is 0. The van der Waals surface area contributed by atoms with E-state index in [1.54, 1.807) is 0 Å². The number of alkyl halides is 1. The first-order valence-electron chi connectivity index (χ1n) is 7.04. The number of aliphatic hydroxyl groups excluding tert-OH is 1. The van der Waals surface area contributed by atoms with Crippen LogP contribution >= 0.6 is 0 Å². The third-order valence-corrected chi connectivity index (χ3v) is 3.62. The molecule has 0 spiro atoms. The molecular weight excluding hydrogens is 317 g/mol. The summed E-state index contributed by atoms with van der Waals surface area (Å²) in [5.74, 6) is -2.38. The Morgan fingerprint density at radius 2 is 2.04 bits per heavy atom. The van der Waals surface area contributed by atoms with Crippen molar-refractivity contribution in [2.75, 3.05) is 25.2 Å². The molecule has 2 aromatic rings. The van der Waals surface area contributed by atoms with Crippen molar-refractivity contribution < 1.29 is 32.3 Å². The van der Waals surface area contributed by atoms with Crippen molar-refractivity contribution in [3.63, 3.8) is 0 Å². The normalized spacial score (nSPS) is 18.5. The van der Waals surface area contributed by atoms with Gasteiger partial charge in [-0.05, 0) is 13.0 Å². The van der Waals surface area contributed by atoms with E-state index < -0.39 is 42.3 Å². The first-order valence-corrected chi connectivity index (χ1v) is 7.04. The molecule has 0 saturated carbocycles. The molecule has 2 N–H and O–H groups in total. The lowest BCUT2D eigenvalue weighted by molar-refractivity contribution is -0.0467. The number of nitrogens with zero attached hydrogens (tertiary/aromatic N) is 1. The van der Waals surface area contributed by atoms with Crippen LogP contribution in [-0.2, 0) is 9.47 Å². The van der Waals surface area contributed by atoms with E-state index in [9.17, 15) is 18.3 Å². The van der Waals surface area contributed by atoms with Crippen LogP contribution in [0.25, 0.3) is 11.0 Å². The van der Waals surface area contributed by atoms with Crippen LogP contribution in [0, 0.1) is 11.6 Å². The summed E-state index contributed by atoms with van der Waals surface area (Å²) in [6.45, 7) is 1.05. The van der Waals surface area contributed by atoms with E-state index in [1.807, 2.05) is 0 Å². The number of aliphatic hydroxyl groups is 1. The molecule has 126 valence electrons. The van der Waals surface area contributed by atoms with Gasteiger partial charge in [-0.1, -0.05) is 5.16 Å². The number of rotatable bonds is 5. The lowest BCUT2D eigenvalue weighted by Gasteiger charge is -2.17. The van der Waals surface area contributed by atoms with Gasteiger partial charge in [-0.15, -0.1) is 0 Å². The summed E-state index contributed by atoms with van der Waals surface area (Å²) in [6.07, 6.45) is -2.04. The smallest absolute Gasteiger partial charge is 0.207 e. The Hall–Kier alpha value is -1.84. The Balaban J connectivity index is 2.04. The van der Waals surface area contributed by atoms with Gasteiger partial charge in [0.25, 0.3) is 0 Å². The van der Waals surface area contributed by atoms with Crippen molar-refractivity contribution >= 4 is 16.8 Å². The zero-order valence-electron chi connectivity index (χ0n) is 12.2. The van der Waals surface area contributed by atoms with Crippen molar-refractivity contribution in [2.45, 2.75) is 25.4 Å². The van der Waals surface area contributed by atoms with Crippen LogP contribution in [0.5, 0.6) is 0 Å². The fraction of sp³-hybridized carbons (Fsp3) is 0.500. The fourth-order valence-corrected chi connectivity index (χ4v) is 2.31. The molecule has 9 heteroatoms. The van der Waals surface area contributed by atoms with E-state index in [0.717, 1.165) is 0 Å². The third kappa shape index (κ3) is 2.87. The maximum atomic E-state index is 14.1. The number of benzene rings is 1. The standard InChI is InChI=1S/C14H15F3N2O4/c1-6(20)9(5-15)18-13-8-4-7(14-21-2-3-22-14)10(16)11(17)12(8)23-19-13/h4,6,9,14,20H,2-3,5H2,1H3,(H,18,19)/t6-,9+/m1/s1. The molecule has 1 fully saturated rings. The predicted molar refractivity (Wildman–Crippen MR) is 73.6 cm³/mol. The highest BCUT2D eigenvalue weighted by atomic mass is 19.2. The van der Waals surface area contributed by atoms with Gasteiger partial charge in [0.05, 0.1) is 30.7 Å². The topological polar surface area (TPSA) is 76.8 Å². The number of fused-ring (bicyclic) bond motifs is 1. The molecule has 2 heterocycles. The molecule has 23 heavy (non-hydrogen) atoms.